The molecule has 0 aromatic carbocycles. The van der Waals surface area contributed by atoms with E-state index in [1.54, 1.807) is 0 Å². The number of ether oxygens (including phenoxy) is 1. The van der Waals surface area contributed by atoms with Crippen molar-refractivity contribution in [2.75, 3.05) is 11.9 Å². The molecule has 1 aromatic heterocycles. The van der Waals surface area contributed by atoms with Crippen LogP contribution in [0.1, 0.15) is 24.5 Å². The van der Waals surface area contributed by atoms with Crippen molar-refractivity contribution < 1.29 is 19.7 Å². The molecule has 3 rings (SSSR count). The fraction of sp³-hybridized carbons (Fsp3) is 0.545. The van der Waals surface area contributed by atoms with Crippen LogP contribution in [-0.4, -0.2) is 50.6 Å². The number of hydrogen-bond donors (Lipinski definition) is 4. The number of aliphatic imine (C=N–C) groups is 2. The first kappa shape index (κ1) is 13.9. The molecule has 0 radical (unpaired) electrons. The number of aromatic nitrogens is 2. The largest absolute Gasteiger partial charge is 0.394 e. The highest BCUT2D eigenvalue weighted by Gasteiger charge is 2.50. The molecule has 4 atom stereocenters. The van der Waals surface area contributed by atoms with Gasteiger partial charge >= 0.3 is 0 Å². The first-order valence-electron chi connectivity index (χ1n) is 6.27. The monoisotopic (exact) mass is 294 g/mol. The first-order chi connectivity index (χ1) is 10.1. The van der Waals surface area contributed by atoms with E-state index < -0.39 is 24.2 Å². The minimum absolute atomic E-state index is 0.0312. The summed E-state index contributed by atoms with van der Waals surface area (Å²) >= 11 is 0. The van der Waals surface area contributed by atoms with E-state index in [9.17, 15) is 15.0 Å². The molecule has 1 fully saturated rings. The molecule has 2 aliphatic rings. The molecule has 0 saturated carbocycles. The molecule has 112 valence electrons. The molecule has 21 heavy (non-hydrogen) atoms. The number of nitrogens with zero attached hydrogens (tertiary/aromatic N) is 4. The molecule has 0 aliphatic carbocycles. The van der Waals surface area contributed by atoms with Gasteiger partial charge in [-0.25, -0.2) is 9.78 Å². The molecule has 10 nitrogen and oxygen atoms in total. The number of nitrogens with two attached hydrogens (primary N) is 1. The Kier molecular flexibility index (Phi) is 3.32. The predicted molar refractivity (Wildman–Crippen MR) is 70.0 cm³/mol. The second kappa shape index (κ2) is 5.02. The Hall–Kier alpha value is -2.10. The highest BCUT2D eigenvalue weighted by atomic mass is 16.6. The fourth-order valence-electron chi connectivity index (χ4n) is 2.52. The van der Waals surface area contributed by atoms with Crippen LogP contribution < -0.4 is 11.1 Å². The first-order valence-corrected chi connectivity index (χ1v) is 6.27. The van der Waals surface area contributed by atoms with Crippen molar-refractivity contribution in [1.29, 1.82) is 0 Å². The third kappa shape index (κ3) is 2.15. The number of fused-ring (bicyclic) bond motifs is 1. The van der Waals surface area contributed by atoms with Crippen molar-refractivity contribution in [3.63, 3.8) is 0 Å². The van der Waals surface area contributed by atoms with Crippen molar-refractivity contribution in [3.05, 3.63) is 12.0 Å². The van der Waals surface area contributed by atoms with Crippen molar-refractivity contribution in [1.82, 2.24) is 9.55 Å². The number of nitrogens with one attached hydrogen (secondary N) is 1. The summed E-state index contributed by atoms with van der Waals surface area (Å²) < 4.78 is 7.02. The molecule has 3 heterocycles. The van der Waals surface area contributed by atoms with Crippen LogP contribution in [-0.2, 0) is 9.53 Å². The quantitative estimate of drug-likeness (QED) is 0.396. The summed E-state index contributed by atoms with van der Waals surface area (Å²) in [5.74, 6) is 0.487. The van der Waals surface area contributed by atoms with Gasteiger partial charge in [0.1, 0.15) is 17.7 Å². The Morgan fingerprint density at radius 3 is 3.24 bits per heavy atom. The molecule has 10 heteroatoms. The summed E-state index contributed by atoms with van der Waals surface area (Å²) in [6, 6.07) is 0. The zero-order valence-corrected chi connectivity index (χ0v) is 10.9. The Morgan fingerprint density at radius 2 is 2.52 bits per heavy atom. The van der Waals surface area contributed by atoms with Gasteiger partial charge in [-0.1, -0.05) is 0 Å². The van der Waals surface area contributed by atoms with Gasteiger partial charge in [-0.05, 0) is 0 Å². The van der Waals surface area contributed by atoms with E-state index in [4.69, 9.17) is 10.5 Å². The second-order valence-corrected chi connectivity index (χ2v) is 4.83. The maximum atomic E-state index is 10.6. The van der Waals surface area contributed by atoms with E-state index in [2.05, 4.69) is 20.3 Å². The van der Waals surface area contributed by atoms with Crippen LogP contribution in [0.3, 0.4) is 0 Å². The Balaban J connectivity index is 2.01. The van der Waals surface area contributed by atoms with Crippen LogP contribution in [0.15, 0.2) is 16.3 Å². The summed E-state index contributed by atoms with van der Waals surface area (Å²) in [6.45, 7) is -0.307. The Bertz CT molecular complexity index is 624. The minimum Gasteiger partial charge on any atom is -0.394 e. The summed E-state index contributed by atoms with van der Waals surface area (Å²) in [5, 5.41) is 22.6. The number of carbonyl (C=O) groups excluding carboxylic acids is 1. The predicted octanol–water partition coefficient (Wildman–Crippen LogP) is -1.40. The van der Waals surface area contributed by atoms with Gasteiger partial charge in [0.2, 0.25) is 11.8 Å². The highest BCUT2D eigenvalue weighted by Crippen LogP contribution is 2.41. The molecule has 0 bridgehead atoms. The van der Waals surface area contributed by atoms with Crippen LogP contribution in [0.25, 0.3) is 0 Å². The van der Waals surface area contributed by atoms with E-state index in [-0.39, 0.29) is 13.0 Å². The lowest BCUT2D eigenvalue weighted by molar-refractivity contribution is -0.0904. The number of aliphatic hydroxyl groups excluding tert-OH is 1. The van der Waals surface area contributed by atoms with E-state index in [0.29, 0.717) is 11.5 Å². The summed E-state index contributed by atoms with van der Waals surface area (Å²) in [7, 11) is 0. The second-order valence-electron chi connectivity index (χ2n) is 4.83. The van der Waals surface area contributed by atoms with Gasteiger partial charge in [-0.3, -0.25) is 9.56 Å². The van der Waals surface area contributed by atoms with E-state index in [0.717, 1.165) is 0 Å². The third-order valence-corrected chi connectivity index (χ3v) is 3.48. The van der Waals surface area contributed by atoms with Gasteiger partial charge < -0.3 is 26.0 Å². The van der Waals surface area contributed by atoms with Crippen molar-refractivity contribution in [3.8, 4) is 0 Å². The van der Waals surface area contributed by atoms with Gasteiger partial charge in [0.15, 0.2) is 6.23 Å². The normalized spacial score (nSPS) is 34.1. The van der Waals surface area contributed by atoms with Crippen molar-refractivity contribution >= 4 is 18.2 Å². The fourth-order valence-corrected chi connectivity index (χ4v) is 2.52. The van der Waals surface area contributed by atoms with Gasteiger partial charge in [-0.15, -0.1) is 0 Å². The van der Waals surface area contributed by atoms with Crippen LogP contribution in [0.2, 0.25) is 0 Å². The lowest BCUT2D eigenvalue weighted by atomic mass is 10.1. The average molecular weight is 294 g/mol. The van der Waals surface area contributed by atoms with Crippen LogP contribution in [0.5, 0.6) is 0 Å². The molecule has 2 aliphatic heterocycles. The summed E-state index contributed by atoms with van der Waals surface area (Å²) in [4.78, 5) is 22.1. The number of rotatable bonds is 3. The third-order valence-electron chi connectivity index (χ3n) is 3.48. The standard InChI is InChI=1S/C11H14N6O4/c12-8-7-9(14-3-13-8)17(4-15-7)10-11(20,16-5-19)1-6(2-18)21-10/h3-4,6,8,10,18,20H,1-2,12H2,(H,13,14). The molecular weight excluding hydrogens is 280 g/mol. The molecule has 5 N–H and O–H groups in total. The Labute approximate surface area is 119 Å². The topological polar surface area (TPSA) is 147 Å². The van der Waals surface area contributed by atoms with E-state index in [1.165, 1.54) is 23.3 Å². The van der Waals surface area contributed by atoms with Crippen molar-refractivity contribution in [2.24, 2.45) is 15.7 Å². The minimum atomic E-state index is -1.83. The summed E-state index contributed by atoms with van der Waals surface area (Å²) in [5.41, 5.74) is 4.44. The number of isocyanates is 1. The van der Waals surface area contributed by atoms with Gasteiger partial charge in [0.05, 0.1) is 25.4 Å². The molecule has 0 spiro atoms. The SMILES string of the molecule is NC1N=CNc2c1ncn2C1OC(CO)CC1(O)N=C=O. The van der Waals surface area contributed by atoms with Crippen LogP contribution in [0, 0.1) is 0 Å². The molecule has 1 aromatic rings. The number of aliphatic hydroxyl groups is 2. The molecule has 0 amide bonds. The van der Waals surface area contributed by atoms with Crippen LogP contribution in [0.4, 0.5) is 5.82 Å². The van der Waals surface area contributed by atoms with Crippen LogP contribution >= 0.6 is 0 Å². The van der Waals surface area contributed by atoms with Gasteiger partial charge in [0.25, 0.3) is 0 Å². The maximum Gasteiger partial charge on any atom is 0.238 e. The Morgan fingerprint density at radius 1 is 1.71 bits per heavy atom. The molecule has 4 unspecified atom stereocenters. The highest BCUT2D eigenvalue weighted by molar-refractivity contribution is 5.78. The molecular formula is C11H14N6O4. The van der Waals surface area contributed by atoms with E-state index >= 15 is 0 Å². The number of hydrogen-bond acceptors (Lipinski definition) is 9. The maximum absolute atomic E-state index is 10.6. The van der Waals surface area contributed by atoms with Gasteiger partial charge in [-0.2, -0.15) is 4.99 Å². The zero-order chi connectivity index (χ0) is 15.0. The number of imidazole rings is 1. The zero-order valence-electron chi connectivity index (χ0n) is 10.9. The van der Waals surface area contributed by atoms with Gasteiger partial charge in [0, 0.05) is 6.42 Å². The smallest absolute Gasteiger partial charge is 0.238 e. The summed E-state index contributed by atoms with van der Waals surface area (Å²) in [6.07, 6.45) is 1.81. The number of anilines is 1. The lowest BCUT2D eigenvalue weighted by Gasteiger charge is -2.26. The average Bonchev–Trinajstić information content (AvgIpc) is 3.01. The lowest BCUT2D eigenvalue weighted by Crippen LogP contribution is -2.34. The van der Waals surface area contributed by atoms with Crippen molar-refractivity contribution in [2.45, 2.75) is 30.6 Å². The molecule has 1 saturated heterocycles. The van der Waals surface area contributed by atoms with E-state index in [1.807, 2.05) is 0 Å².